The Kier molecular flexibility index (Phi) is 5.73. The standard InChI is InChI=1S/C12H13F2NS/c1-2-3-6-9-15-10-7-4-5-8-11(10)16-12(13)14/h4-5,7-8,12,15H,6,9H2,1H3. The normalized spacial score (nSPS) is 9.75. The van der Waals surface area contributed by atoms with E-state index in [0.29, 0.717) is 29.6 Å². The number of nitrogens with one attached hydrogen (secondary N) is 1. The molecule has 0 saturated carbocycles. The van der Waals surface area contributed by atoms with Crippen LogP contribution >= 0.6 is 11.8 Å². The van der Waals surface area contributed by atoms with Gasteiger partial charge in [0.15, 0.2) is 0 Å². The quantitative estimate of drug-likeness (QED) is 0.477. The molecule has 16 heavy (non-hydrogen) atoms. The SMILES string of the molecule is CC#CCCNc1ccccc1SC(F)F. The first kappa shape index (κ1) is 12.9. The van der Waals surface area contributed by atoms with Crippen molar-refractivity contribution >= 4 is 17.4 Å². The van der Waals surface area contributed by atoms with E-state index in [1.54, 1.807) is 25.1 Å². The Morgan fingerprint density at radius 1 is 1.38 bits per heavy atom. The van der Waals surface area contributed by atoms with Gasteiger partial charge in [-0.3, -0.25) is 0 Å². The predicted octanol–water partition coefficient (Wildman–Crippen LogP) is 3.83. The fraction of sp³-hybridized carbons (Fsp3) is 0.333. The molecule has 0 unspecified atom stereocenters. The fourth-order valence-corrected chi connectivity index (χ4v) is 1.81. The maximum absolute atomic E-state index is 12.3. The van der Waals surface area contributed by atoms with Crippen LogP contribution in [0, 0.1) is 11.8 Å². The molecule has 86 valence electrons. The molecule has 1 rings (SSSR count). The van der Waals surface area contributed by atoms with Crippen molar-refractivity contribution in [2.75, 3.05) is 11.9 Å². The Labute approximate surface area is 98.6 Å². The van der Waals surface area contributed by atoms with Crippen LogP contribution in [0.3, 0.4) is 0 Å². The summed E-state index contributed by atoms with van der Waals surface area (Å²) in [5.74, 6) is 3.31. The number of halogens is 2. The first-order chi connectivity index (χ1) is 7.74. The van der Waals surface area contributed by atoms with Crippen molar-refractivity contribution in [2.45, 2.75) is 24.0 Å². The van der Waals surface area contributed by atoms with Crippen LogP contribution in [0.4, 0.5) is 14.5 Å². The summed E-state index contributed by atoms with van der Waals surface area (Å²) >= 11 is 0.557. The number of hydrogen-bond acceptors (Lipinski definition) is 2. The summed E-state index contributed by atoms with van der Waals surface area (Å²) in [5.41, 5.74) is 0.741. The zero-order chi connectivity index (χ0) is 11.8. The lowest BCUT2D eigenvalue weighted by molar-refractivity contribution is 0.252. The second-order valence-electron chi connectivity index (χ2n) is 2.98. The van der Waals surface area contributed by atoms with Crippen LogP contribution < -0.4 is 5.32 Å². The molecule has 0 amide bonds. The van der Waals surface area contributed by atoms with E-state index in [1.807, 2.05) is 6.07 Å². The van der Waals surface area contributed by atoms with Gasteiger partial charge in [-0.25, -0.2) is 0 Å². The number of alkyl halides is 2. The topological polar surface area (TPSA) is 12.0 Å². The van der Waals surface area contributed by atoms with E-state index in [-0.39, 0.29) is 0 Å². The van der Waals surface area contributed by atoms with E-state index >= 15 is 0 Å². The van der Waals surface area contributed by atoms with Gasteiger partial charge in [-0.15, -0.1) is 11.8 Å². The first-order valence-electron chi connectivity index (χ1n) is 4.91. The summed E-state index contributed by atoms with van der Waals surface area (Å²) in [6.07, 6.45) is 0.712. The van der Waals surface area contributed by atoms with Crippen LogP contribution in [0.15, 0.2) is 29.2 Å². The third kappa shape index (κ3) is 4.54. The smallest absolute Gasteiger partial charge is 0.288 e. The van der Waals surface area contributed by atoms with Gasteiger partial charge in [0.1, 0.15) is 0 Å². The van der Waals surface area contributed by atoms with Gasteiger partial charge in [0.05, 0.1) is 0 Å². The highest BCUT2D eigenvalue weighted by Gasteiger charge is 2.08. The maximum atomic E-state index is 12.3. The molecule has 0 heterocycles. The number of thioether (sulfide) groups is 1. The summed E-state index contributed by atoms with van der Waals surface area (Å²) < 4.78 is 24.5. The van der Waals surface area contributed by atoms with Crippen molar-refractivity contribution in [3.8, 4) is 11.8 Å². The average molecular weight is 241 g/mol. The predicted molar refractivity (Wildman–Crippen MR) is 64.9 cm³/mol. The number of para-hydroxylation sites is 1. The lowest BCUT2D eigenvalue weighted by atomic mass is 10.3. The highest BCUT2D eigenvalue weighted by Crippen LogP contribution is 2.31. The lowest BCUT2D eigenvalue weighted by Crippen LogP contribution is -2.01. The van der Waals surface area contributed by atoms with Crippen molar-refractivity contribution in [2.24, 2.45) is 0 Å². The third-order valence-electron chi connectivity index (χ3n) is 1.85. The Bertz CT molecular complexity index is 382. The largest absolute Gasteiger partial charge is 0.383 e. The van der Waals surface area contributed by atoms with E-state index < -0.39 is 5.76 Å². The molecule has 0 radical (unpaired) electrons. The average Bonchev–Trinajstić information content (AvgIpc) is 2.26. The number of hydrogen-bond donors (Lipinski definition) is 1. The summed E-state index contributed by atoms with van der Waals surface area (Å²) in [5, 5.41) is 3.10. The number of benzene rings is 1. The molecule has 0 fully saturated rings. The monoisotopic (exact) mass is 241 g/mol. The van der Waals surface area contributed by atoms with Gasteiger partial charge in [0.2, 0.25) is 0 Å². The highest BCUT2D eigenvalue weighted by atomic mass is 32.2. The fourth-order valence-electron chi connectivity index (χ4n) is 1.20. The van der Waals surface area contributed by atoms with Crippen molar-refractivity contribution in [1.29, 1.82) is 0 Å². The molecular formula is C12H13F2NS. The van der Waals surface area contributed by atoms with E-state index in [1.165, 1.54) is 0 Å². The Morgan fingerprint density at radius 3 is 2.81 bits per heavy atom. The molecule has 0 aliphatic rings. The summed E-state index contributed by atoms with van der Waals surface area (Å²) in [6.45, 7) is 2.45. The summed E-state index contributed by atoms with van der Waals surface area (Å²) in [4.78, 5) is 0.571. The van der Waals surface area contributed by atoms with Crippen LogP contribution in [0.2, 0.25) is 0 Å². The Balaban J connectivity index is 2.58. The molecule has 1 aromatic carbocycles. The molecular weight excluding hydrogens is 228 g/mol. The van der Waals surface area contributed by atoms with Crippen molar-refractivity contribution in [3.05, 3.63) is 24.3 Å². The molecule has 1 N–H and O–H groups in total. The minimum absolute atomic E-state index is 0.557. The molecule has 0 aliphatic carbocycles. The molecule has 1 nitrogen and oxygen atoms in total. The van der Waals surface area contributed by atoms with Crippen molar-refractivity contribution in [1.82, 2.24) is 0 Å². The molecule has 1 aromatic rings. The summed E-state index contributed by atoms with van der Waals surface area (Å²) in [7, 11) is 0. The Hall–Kier alpha value is -1.21. The molecule has 0 bridgehead atoms. The third-order valence-corrected chi connectivity index (χ3v) is 2.63. The number of rotatable bonds is 5. The van der Waals surface area contributed by atoms with Crippen molar-refractivity contribution in [3.63, 3.8) is 0 Å². The second kappa shape index (κ2) is 7.13. The molecule has 4 heteroatoms. The van der Waals surface area contributed by atoms with Gasteiger partial charge < -0.3 is 5.32 Å². The Morgan fingerprint density at radius 2 is 2.12 bits per heavy atom. The summed E-state index contributed by atoms with van der Waals surface area (Å²) in [6, 6.07) is 7.06. The van der Waals surface area contributed by atoms with Crippen LogP contribution in [0.5, 0.6) is 0 Å². The minimum atomic E-state index is -2.39. The van der Waals surface area contributed by atoms with Gasteiger partial charge in [-0.2, -0.15) is 8.78 Å². The second-order valence-corrected chi connectivity index (χ2v) is 4.01. The lowest BCUT2D eigenvalue weighted by Gasteiger charge is -2.09. The molecule has 0 atom stereocenters. The van der Waals surface area contributed by atoms with Gasteiger partial charge in [-0.1, -0.05) is 23.9 Å². The van der Waals surface area contributed by atoms with Crippen LogP contribution in [0.1, 0.15) is 13.3 Å². The van der Waals surface area contributed by atoms with Gasteiger partial charge >= 0.3 is 0 Å². The minimum Gasteiger partial charge on any atom is -0.383 e. The van der Waals surface area contributed by atoms with E-state index in [0.717, 1.165) is 5.69 Å². The van der Waals surface area contributed by atoms with E-state index in [9.17, 15) is 8.78 Å². The van der Waals surface area contributed by atoms with E-state index in [4.69, 9.17) is 0 Å². The van der Waals surface area contributed by atoms with E-state index in [2.05, 4.69) is 17.2 Å². The van der Waals surface area contributed by atoms with Gasteiger partial charge in [0, 0.05) is 23.5 Å². The van der Waals surface area contributed by atoms with Crippen LogP contribution in [-0.4, -0.2) is 12.3 Å². The molecule has 0 aromatic heterocycles. The molecule has 0 spiro atoms. The molecule has 0 aliphatic heterocycles. The highest BCUT2D eigenvalue weighted by molar-refractivity contribution is 7.99. The van der Waals surface area contributed by atoms with Gasteiger partial charge in [0.25, 0.3) is 5.76 Å². The molecule has 0 saturated heterocycles. The van der Waals surface area contributed by atoms with Crippen LogP contribution in [-0.2, 0) is 0 Å². The van der Waals surface area contributed by atoms with Crippen molar-refractivity contribution < 1.29 is 8.78 Å². The first-order valence-corrected chi connectivity index (χ1v) is 5.79. The maximum Gasteiger partial charge on any atom is 0.288 e. The number of anilines is 1. The zero-order valence-electron chi connectivity index (χ0n) is 8.97. The zero-order valence-corrected chi connectivity index (χ0v) is 9.78. The van der Waals surface area contributed by atoms with Crippen LogP contribution in [0.25, 0.3) is 0 Å². The van der Waals surface area contributed by atoms with Gasteiger partial charge in [-0.05, 0) is 19.1 Å².